The third-order valence-corrected chi connectivity index (χ3v) is 2.94. The predicted molar refractivity (Wildman–Crippen MR) is 80.5 cm³/mol. The molecule has 0 fully saturated rings. The van der Waals surface area contributed by atoms with E-state index in [1.807, 2.05) is 0 Å². The van der Waals surface area contributed by atoms with Crippen LogP contribution in [0.25, 0.3) is 0 Å². The van der Waals surface area contributed by atoms with Gasteiger partial charge in [-0.15, -0.1) is 0 Å². The molecule has 0 aromatic heterocycles. The second-order valence-electron chi connectivity index (χ2n) is 4.42. The van der Waals surface area contributed by atoms with Crippen LogP contribution in [-0.4, -0.2) is 18.1 Å². The van der Waals surface area contributed by atoms with Gasteiger partial charge in [0.15, 0.2) is 11.5 Å². The lowest BCUT2D eigenvalue weighted by atomic mass is 10.2. The molecule has 114 valence electrons. The number of carbonyl (C=O) groups excluding carboxylic acids is 1. The number of nitro benzene ring substituents is 1. The van der Waals surface area contributed by atoms with Crippen molar-refractivity contribution in [1.82, 2.24) is 0 Å². The van der Waals surface area contributed by atoms with Gasteiger partial charge in [0.05, 0.1) is 17.7 Å². The number of benzene rings is 2. The lowest BCUT2D eigenvalue weighted by molar-refractivity contribution is -0.384. The molecule has 1 N–H and O–H groups in total. The van der Waals surface area contributed by atoms with Crippen LogP contribution in [0.1, 0.15) is 5.56 Å². The minimum Gasteiger partial charge on any atom is -0.493 e. The van der Waals surface area contributed by atoms with Crippen LogP contribution in [0.5, 0.6) is 11.5 Å². The number of ether oxygens (including phenoxy) is 2. The minimum absolute atomic E-state index is 0.113. The fourth-order valence-corrected chi connectivity index (χ4v) is 1.80. The summed E-state index contributed by atoms with van der Waals surface area (Å²) in [6.45, 7) is 1.72. The van der Waals surface area contributed by atoms with E-state index in [-0.39, 0.29) is 11.4 Å². The summed E-state index contributed by atoms with van der Waals surface area (Å²) in [6.07, 6.45) is -0.756. The van der Waals surface area contributed by atoms with Crippen LogP contribution in [0, 0.1) is 17.0 Å². The summed E-state index contributed by atoms with van der Waals surface area (Å²) in [5.74, 6) is 0.666. The maximum Gasteiger partial charge on any atom is 0.417 e. The second-order valence-corrected chi connectivity index (χ2v) is 4.42. The van der Waals surface area contributed by atoms with Gasteiger partial charge in [0.25, 0.3) is 5.69 Å². The van der Waals surface area contributed by atoms with E-state index in [1.165, 1.54) is 19.2 Å². The topological polar surface area (TPSA) is 90.7 Å². The quantitative estimate of drug-likeness (QED) is 0.689. The molecule has 2 aromatic rings. The van der Waals surface area contributed by atoms with E-state index in [9.17, 15) is 14.9 Å². The van der Waals surface area contributed by atoms with Crippen molar-refractivity contribution in [1.29, 1.82) is 0 Å². The molecule has 0 spiro atoms. The number of hydrogen-bond donors (Lipinski definition) is 1. The van der Waals surface area contributed by atoms with Gasteiger partial charge in [-0.3, -0.25) is 15.4 Å². The predicted octanol–water partition coefficient (Wildman–Crippen LogP) is 3.52. The zero-order chi connectivity index (χ0) is 16.1. The molecule has 0 aliphatic rings. The fraction of sp³-hybridized carbons (Fsp3) is 0.133. The number of hydrogen-bond acceptors (Lipinski definition) is 5. The van der Waals surface area contributed by atoms with Crippen LogP contribution >= 0.6 is 0 Å². The molecule has 0 saturated heterocycles. The van der Waals surface area contributed by atoms with Crippen molar-refractivity contribution < 1.29 is 19.2 Å². The van der Waals surface area contributed by atoms with Crippen molar-refractivity contribution in [3.05, 3.63) is 58.1 Å². The number of para-hydroxylation sites is 2. The molecule has 7 heteroatoms. The lowest BCUT2D eigenvalue weighted by Crippen LogP contribution is -2.17. The number of nitrogens with one attached hydrogen (secondary N) is 1. The maximum absolute atomic E-state index is 11.9. The van der Waals surface area contributed by atoms with E-state index >= 15 is 0 Å². The molecule has 0 heterocycles. The normalized spacial score (nSPS) is 9.91. The summed E-state index contributed by atoms with van der Waals surface area (Å²) in [5, 5.41) is 13.3. The highest BCUT2D eigenvalue weighted by atomic mass is 16.6. The van der Waals surface area contributed by atoms with Gasteiger partial charge in [-0.2, -0.15) is 0 Å². The summed E-state index contributed by atoms with van der Waals surface area (Å²) in [7, 11) is 1.46. The molecular formula is C15H14N2O5. The molecule has 0 radical (unpaired) electrons. The number of aryl methyl sites for hydroxylation is 1. The zero-order valence-electron chi connectivity index (χ0n) is 12.0. The molecule has 22 heavy (non-hydrogen) atoms. The number of anilines is 1. The van der Waals surface area contributed by atoms with E-state index in [4.69, 9.17) is 9.47 Å². The van der Waals surface area contributed by atoms with Gasteiger partial charge in [-0.05, 0) is 24.6 Å². The van der Waals surface area contributed by atoms with Crippen molar-refractivity contribution in [3.8, 4) is 11.5 Å². The third kappa shape index (κ3) is 3.51. The monoisotopic (exact) mass is 302 g/mol. The smallest absolute Gasteiger partial charge is 0.417 e. The Morgan fingerprint density at radius 1 is 1.18 bits per heavy atom. The van der Waals surface area contributed by atoms with E-state index in [2.05, 4.69) is 5.32 Å². The van der Waals surface area contributed by atoms with E-state index in [0.29, 0.717) is 17.0 Å². The Labute approximate surface area is 126 Å². The summed E-state index contributed by atoms with van der Waals surface area (Å²) >= 11 is 0. The highest BCUT2D eigenvalue weighted by Crippen LogP contribution is 2.27. The van der Waals surface area contributed by atoms with Gasteiger partial charge in [0.2, 0.25) is 0 Å². The summed E-state index contributed by atoms with van der Waals surface area (Å²) in [4.78, 5) is 22.2. The molecular weight excluding hydrogens is 288 g/mol. The van der Waals surface area contributed by atoms with Gasteiger partial charge in [-0.1, -0.05) is 18.2 Å². The second kappa shape index (κ2) is 6.57. The van der Waals surface area contributed by atoms with Crippen molar-refractivity contribution in [2.24, 2.45) is 0 Å². The SMILES string of the molecule is COc1ccccc1OC(=O)Nc1cc([N+](=O)[O-])ccc1C. The van der Waals surface area contributed by atoms with Gasteiger partial charge in [0.1, 0.15) is 0 Å². The minimum atomic E-state index is -0.756. The van der Waals surface area contributed by atoms with Gasteiger partial charge >= 0.3 is 6.09 Å². The molecule has 0 atom stereocenters. The summed E-state index contributed by atoms with van der Waals surface area (Å²) in [5.41, 5.74) is 0.884. The molecule has 0 unspecified atom stereocenters. The van der Waals surface area contributed by atoms with Crippen LogP contribution in [0.15, 0.2) is 42.5 Å². The Hall–Kier alpha value is -3.09. The van der Waals surface area contributed by atoms with Gasteiger partial charge < -0.3 is 9.47 Å². The maximum atomic E-state index is 11.9. The number of carbonyl (C=O) groups is 1. The first-order valence-corrected chi connectivity index (χ1v) is 6.38. The number of nitrogens with zero attached hydrogens (tertiary/aromatic N) is 1. The average molecular weight is 302 g/mol. The first kappa shape index (κ1) is 15.3. The highest BCUT2D eigenvalue weighted by molar-refractivity contribution is 5.88. The summed E-state index contributed by atoms with van der Waals surface area (Å²) in [6, 6.07) is 10.9. The fourth-order valence-electron chi connectivity index (χ4n) is 1.80. The average Bonchev–Trinajstić information content (AvgIpc) is 2.49. The van der Waals surface area contributed by atoms with Crippen LogP contribution in [0.2, 0.25) is 0 Å². The van der Waals surface area contributed by atoms with Crippen LogP contribution in [-0.2, 0) is 0 Å². The molecule has 2 rings (SSSR count). The van der Waals surface area contributed by atoms with E-state index < -0.39 is 11.0 Å². The third-order valence-electron chi connectivity index (χ3n) is 2.94. The number of methoxy groups -OCH3 is 1. The van der Waals surface area contributed by atoms with Crippen molar-refractivity contribution >= 4 is 17.5 Å². The Morgan fingerprint density at radius 3 is 2.50 bits per heavy atom. The molecule has 0 aliphatic heterocycles. The van der Waals surface area contributed by atoms with E-state index in [0.717, 1.165) is 0 Å². The Morgan fingerprint density at radius 2 is 1.86 bits per heavy atom. The van der Waals surface area contributed by atoms with Crippen LogP contribution in [0.3, 0.4) is 0 Å². The first-order chi connectivity index (χ1) is 10.5. The largest absolute Gasteiger partial charge is 0.493 e. The van der Waals surface area contributed by atoms with Crippen molar-refractivity contribution in [2.75, 3.05) is 12.4 Å². The van der Waals surface area contributed by atoms with Gasteiger partial charge in [0, 0.05) is 12.1 Å². The van der Waals surface area contributed by atoms with E-state index in [1.54, 1.807) is 37.3 Å². The van der Waals surface area contributed by atoms with Crippen molar-refractivity contribution in [2.45, 2.75) is 6.92 Å². The number of amides is 1. The van der Waals surface area contributed by atoms with Crippen molar-refractivity contribution in [3.63, 3.8) is 0 Å². The van der Waals surface area contributed by atoms with Crippen LogP contribution in [0.4, 0.5) is 16.2 Å². The molecule has 2 aromatic carbocycles. The molecule has 1 amide bonds. The molecule has 0 bridgehead atoms. The first-order valence-electron chi connectivity index (χ1n) is 6.38. The summed E-state index contributed by atoms with van der Waals surface area (Å²) < 4.78 is 10.2. The Kier molecular flexibility index (Phi) is 4.57. The lowest BCUT2D eigenvalue weighted by Gasteiger charge is -2.11. The zero-order valence-corrected chi connectivity index (χ0v) is 12.0. The Bertz CT molecular complexity index is 715. The highest BCUT2D eigenvalue weighted by Gasteiger charge is 2.13. The number of rotatable bonds is 4. The molecule has 0 aliphatic carbocycles. The standard InChI is InChI=1S/C15H14N2O5/c1-10-7-8-11(17(19)20)9-12(10)16-15(18)22-14-6-4-3-5-13(14)21-2/h3-9H,1-2H3,(H,16,18). The van der Waals surface area contributed by atoms with Gasteiger partial charge in [-0.25, -0.2) is 4.79 Å². The molecule has 7 nitrogen and oxygen atoms in total. The Balaban J connectivity index is 2.15. The van der Waals surface area contributed by atoms with Crippen LogP contribution < -0.4 is 14.8 Å². The number of non-ortho nitro benzene ring substituents is 1. The molecule has 0 saturated carbocycles. The number of nitro groups is 1.